The van der Waals surface area contributed by atoms with Crippen LogP contribution in [-0.4, -0.2) is 23.8 Å². The summed E-state index contributed by atoms with van der Waals surface area (Å²) in [5.41, 5.74) is 0. The van der Waals surface area contributed by atoms with E-state index in [1.807, 2.05) is 6.92 Å². The predicted molar refractivity (Wildman–Crippen MR) is 42.3 cm³/mol. The molecular weight excluding hydrogens is 156 g/mol. The average molecular weight is 170 g/mol. The molecule has 68 valence electrons. The molecule has 1 saturated carbocycles. The van der Waals surface area contributed by atoms with E-state index in [9.17, 15) is 9.90 Å². The maximum atomic E-state index is 10.9. The van der Waals surface area contributed by atoms with Gasteiger partial charge in [-0.3, -0.25) is 4.79 Å². The first-order valence-electron chi connectivity index (χ1n) is 4.52. The molecule has 0 aromatic carbocycles. The minimum Gasteiger partial charge on any atom is -0.465 e. The zero-order valence-electron chi connectivity index (χ0n) is 7.19. The van der Waals surface area contributed by atoms with E-state index in [4.69, 9.17) is 4.74 Å². The number of aliphatic hydroxyl groups is 1. The third-order valence-corrected chi connectivity index (χ3v) is 3.30. The van der Waals surface area contributed by atoms with E-state index in [-0.39, 0.29) is 12.1 Å². The minimum atomic E-state index is -0.227. The van der Waals surface area contributed by atoms with Crippen molar-refractivity contribution in [3.8, 4) is 0 Å². The Labute approximate surface area is 71.7 Å². The standard InChI is InChI=1S/C9H14O3/c1-5-7-4-12-9(11)3-6(7)2-8(5)10/h5-8,10H,2-4H2,1H3/t5-,6-,7-,8+/m0/s1. The van der Waals surface area contributed by atoms with E-state index in [0.717, 1.165) is 6.42 Å². The first kappa shape index (κ1) is 8.05. The molecule has 0 spiro atoms. The normalized spacial score (nSPS) is 47.0. The van der Waals surface area contributed by atoms with Crippen LogP contribution >= 0.6 is 0 Å². The van der Waals surface area contributed by atoms with E-state index in [2.05, 4.69) is 0 Å². The first-order chi connectivity index (χ1) is 5.68. The summed E-state index contributed by atoms with van der Waals surface area (Å²) in [5.74, 6) is 0.967. The van der Waals surface area contributed by atoms with Gasteiger partial charge in [-0.05, 0) is 18.3 Å². The molecule has 0 radical (unpaired) electrons. The summed E-state index contributed by atoms with van der Waals surface area (Å²) < 4.78 is 4.96. The Bertz CT molecular complexity index is 202. The topological polar surface area (TPSA) is 46.5 Å². The number of cyclic esters (lactones) is 1. The predicted octanol–water partition coefficient (Wildman–Crippen LogP) is 0.566. The zero-order chi connectivity index (χ0) is 8.72. The molecule has 1 heterocycles. The Morgan fingerprint density at radius 2 is 2.33 bits per heavy atom. The molecule has 0 amide bonds. The van der Waals surface area contributed by atoms with Gasteiger partial charge in [-0.25, -0.2) is 0 Å². The summed E-state index contributed by atoms with van der Waals surface area (Å²) in [4.78, 5) is 10.9. The summed E-state index contributed by atoms with van der Waals surface area (Å²) >= 11 is 0. The van der Waals surface area contributed by atoms with Crippen LogP contribution < -0.4 is 0 Å². The van der Waals surface area contributed by atoms with E-state index in [0.29, 0.717) is 30.8 Å². The Morgan fingerprint density at radius 1 is 1.58 bits per heavy atom. The van der Waals surface area contributed by atoms with Crippen molar-refractivity contribution in [3.63, 3.8) is 0 Å². The summed E-state index contributed by atoms with van der Waals surface area (Å²) in [5, 5.41) is 9.55. The molecule has 0 aromatic rings. The van der Waals surface area contributed by atoms with Crippen LogP contribution in [0.2, 0.25) is 0 Å². The van der Waals surface area contributed by atoms with Crippen LogP contribution in [0.3, 0.4) is 0 Å². The number of fused-ring (bicyclic) bond motifs is 1. The molecule has 12 heavy (non-hydrogen) atoms. The highest BCUT2D eigenvalue weighted by molar-refractivity contribution is 5.70. The molecule has 0 aromatic heterocycles. The quantitative estimate of drug-likeness (QED) is 0.540. The van der Waals surface area contributed by atoms with Crippen LogP contribution in [-0.2, 0) is 9.53 Å². The molecule has 3 heteroatoms. The molecule has 1 aliphatic carbocycles. The first-order valence-corrected chi connectivity index (χ1v) is 4.52. The van der Waals surface area contributed by atoms with Crippen LogP contribution in [0.4, 0.5) is 0 Å². The summed E-state index contributed by atoms with van der Waals surface area (Å²) in [6.07, 6.45) is 1.06. The Morgan fingerprint density at radius 3 is 3.08 bits per heavy atom. The van der Waals surface area contributed by atoms with Crippen molar-refractivity contribution < 1.29 is 14.6 Å². The van der Waals surface area contributed by atoms with Crippen molar-refractivity contribution in [3.05, 3.63) is 0 Å². The third-order valence-electron chi connectivity index (χ3n) is 3.30. The minimum absolute atomic E-state index is 0.0995. The highest BCUT2D eigenvalue weighted by atomic mass is 16.5. The van der Waals surface area contributed by atoms with Crippen LogP contribution in [0.1, 0.15) is 19.8 Å². The second-order valence-corrected chi connectivity index (χ2v) is 3.97. The molecular formula is C9H14O3. The van der Waals surface area contributed by atoms with E-state index >= 15 is 0 Å². The maximum Gasteiger partial charge on any atom is 0.306 e. The molecule has 3 nitrogen and oxygen atoms in total. The van der Waals surface area contributed by atoms with Gasteiger partial charge in [0.2, 0.25) is 0 Å². The Balaban J connectivity index is 2.09. The number of carbonyl (C=O) groups is 1. The Hall–Kier alpha value is -0.570. The second-order valence-electron chi connectivity index (χ2n) is 3.97. The SMILES string of the molecule is C[C@H]1[C@@H]2COC(=O)C[C@@H]2C[C@H]1O. The van der Waals surface area contributed by atoms with Crippen molar-refractivity contribution in [1.82, 2.24) is 0 Å². The molecule has 0 bridgehead atoms. The highest BCUT2D eigenvalue weighted by Crippen LogP contribution is 2.41. The highest BCUT2D eigenvalue weighted by Gasteiger charge is 2.43. The lowest BCUT2D eigenvalue weighted by Gasteiger charge is -2.26. The van der Waals surface area contributed by atoms with Crippen molar-refractivity contribution in [1.29, 1.82) is 0 Å². The van der Waals surface area contributed by atoms with Gasteiger partial charge in [0.25, 0.3) is 0 Å². The van der Waals surface area contributed by atoms with Gasteiger partial charge in [0, 0.05) is 12.3 Å². The fourth-order valence-corrected chi connectivity index (χ4v) is 2.40. The van der Waals surface area contributed by atoms with E-state index in [1.165, 1.54) is 0 Å². The van der Waals surface area contributed by atoms with Crippen LogP contribution in [0.15, 0.2) is 0 Å². The monoisotopic (exact) mass is 170 g/mol. The second kappa shape index (κ2) is 2.73. The van der Waals surface area contributed by atoms with Gasteiger partial charge in [0.15, 0.2) is 0 Å². The van der Waals surface area contributed by atoms with Crippen molar-refractivity contribution in [2.75, 3.05) is 6.61 Å². The lowest BCUT2D eigenvalue weighted by atomic mass is 9.87. The number of ether oxygens (including phenoxy) is 1. The largest absolute Gasteiger partial charge is 0.465 e. The molecule has 1 N–H and O–H groups in total. The molecule has 1 saturated heterocycles. The van der Waals surface area contributed by atoms with Gasteiger partial charge < -0.3 is 9.84 Å². The van der Waals surface area contributed by atoms with Gasteiger partial charge in [0.05, 0.1) is 12.7 Å². The van der Waals surface area contributed by atoms with Crippen LogP contribution in [0, 0.1) is 17.8 Å². The maximum absolute atomic E-state index is 10.9. The summed E-state index contributed by atoms with van der Waals surface area (Å²) in [6, 6.07) is 0. The van der Waals surface area contributed by atoms with Gasteiger partial charge in [-0.15, -0.1) is 0 Å². The molecule has 0 unspecified atom stereocenters. The van der Waals surface area contributed by atoms with Crippen LogP contribution in [0.5, 0.6) is 0 Å². The smallest absolute Gasteiger partial charge is 0.306 e. The lowest BCUT2D eigenvalue weighted by Crippen LogP contribution is -2.30. The van der Waals surface area contributed by atoms with Crippen molar-refractivity contribution in [2.45, 2.75) is 25.9 Å². The van der Waals surface area contributed by atoms with Gasteiger partial charge in [-0.1, -0.05) is 6.92 Å². The van der Waals surface area contributed by atoms with Gasteiger partial charge >= 0.3 is 5.97 Å². The molecule has 1 aliphatic heterocycles. The zero-order valence-corrected chi connectivity index (χ0v) is 7.19. The molecule has 2 aliphatic rings. The summed E-state index contributed by atoms with van der Waals surface area (Å²) in [7, 11) is 0. The third kappa shape index (κ3) is 1.12. The van der Waals surface area contributed by atoms with E-state index in [1.54, 1.807) is 0 Å². The van der Waals surface area contributed by atoms with Crippen molar-refractivity contribution in [2.24, 2.45) is 17.8 Å². The van der Waals surface area contributed by atoms with Crippen molar-refractivity contribution >= 4 is 5.97 Å². The number of esters is 1. The van der Waals surface area contributed by atoms with Crippen LogP contribution in [0.25, 0.3) is 0 Å². The molecule has 4 atom stereocenters. The fourth-order valence-electron chi connectivity index (χ4n) is 2.40. The molecule has 2 rings (SSSR count). The Kier molecular flexibility index (Phi) is 1.83. The van der Waals surface area contributed by atoms with E-state index < -0.39 is 0 Å². The summed E-state index contributed by atoms with van der Waals surface area (Å²) in [6.45, 7) is 2.55. The number of carbonyl (C=O) groups excluding carboxylic acids is 1. The number of aliphatic hydroxyl groups excluding tert-OH is 1. The fraction of sp³-hybridized carbons (Fsp3) is 0.889. The molecule has 2 fully saturated rings. The number of rotatable bonds is 0. The van der Waals surface area contributed by atoms with Gasteiger partial charge in [0.1, 0.15) is 0 Å². The number of hydrogen-bond donors (Lipinski definition) is 1. The number of hydrogen-bond acceptors (Lipinski definition) is 3. The average Bonchev–Trinajstić information content (AvgIpc) is 2.28. The van der Waals surface area contributed by atoms with Gasteiger partial charge in [-0.2, -0.15) is 0 Å². The lowest BCUT2D eigenvalue weighted by molar-refractivity contribution is -0.152.